The van der Waals surface area contributed by atoms with Gasteiger partial charge in [-0.3, -0.25) is 0 Å². The van der Waals surface area contributed by atoms with E-state index in [0.29, 0.717) is 23.8 Å². The molecule has 0 amide bonds. The van der Waals surface area contributed by atoms with Crippen LogP contribution in [0.4, 0.5) is 5.69 Å². The molecule has 0 atom stereocenters. The Labute approximate surface area is 170 Å². The number of nitrogens with one attached hydrogen (secondary N) is 1. The Balaban J connectivity index is 1.69. The number of carbonyl (C=O) groups excluding carboxylic acids is 1. The van der Waals surface area contributed by atoms with Crippen molar-refractivity contribution in [1.29, 1.82) is 0 Å². The average molecular weight is 391 g/mol. The zero-order chi connectivity index (χ0) is 20.2. The van der Waals surface area contributed by atoms with Gasteiger partial charge in [-0.2, -0.15) is 0 Å². The number of rotatable bonds is 6. The van der Waals surface area contributed by atoms with Crippen LogP contribution in [0.1, 0.15) is 30.3 Å². The predicted molar refractivity (Wildman–Crippen MR) is 113 cm³/mol. The van der Waals surface area contributed by atoms with Crippen molar-refractivity contribution in [3.05, 3.63) is 54.2 Å². The Morgan fingerprint density at radius 2 is 1.69 bits per heavy atom. The van der Waals surface area contributed by atoms with E-state index in [1.807, 2.05) is 36.4 Å². The SMILES string of the molecule is CCOC(=O)c1[nH]c(-c2ccc(N3CCCC3)cc2)nc1-c1ccc(OC)cc1. The molecule has 3 aromatic rings. The molecule has 1 fully saturated rings. The molecule has 0 saturated carbocycles. The monoisotopic (exact) mass is 391 g/mol. The molecule has 2 aromatic carbocycles. The van der Waals surface area contributed by atoms with E-state index in [4.69, 9.17) is 14.5 Å². The van der Waals surface area contributed by atoms with Crippen LogP contribution in [0.2, 0.25) is 0 Å². The number of carbonyl (C=O) groups is 1. The Hall–Kier alpha value is -3.28. The number of esters is 1. The van der Waals surface area contributed by atoms with Crippen molar-refractivity contribution < 1.29 is 14.3 Å². The van der Waals surface area contributed by atoms with Gasteiger partial charge in [0.05, 0.1) is 13.7 Å². The summed E-state index contributed by atoms with van der Waals surface area (Å²) in [5.74, 6) is 0.984. The maximum absolute atomic E-state index is 12.5. The van der Waals surface area contributed by atoms with Gasteiger partial charge >= 0.3 is 5.97 Å². The normalized spacial score (nSPS) is 13.5. The minimum absolute atomic E-state index is 0.305. The van der Waals surface area contributed by atoms with Gasteiger partial charge in [-0.05, 0) is 68.3 Å². The van der Waals surface area contributed by atoms with E-state index in [-0.39, 0.29) is 0 Å². The lowest BCUT2D eigenvalue weighted by molar-refractivity contribution is 0.0521. The Kier molecular flexibility index (Phi) is 5.51. The van der Waals surface area contributed by atoms with E-state index in [1.54, 1.807) is 14.0 Å². The van der Waals surface area contributed by atoms with Crippen LogP contribution < -0.4 is 9.64 Å². The predicted octanol–water partition coefficient (Wildman–Crippen LogP) is 4.53. The van der Waals surface area contributed by atoms with E-state index in [1.165, 1.54) is 18.5 Å². The van der Waals surface area contributed by atoms with Crippen LogP contribution in [-0.2, 0) is 4.74 Å². The van der Waals surface area contributed by atoms with Crippen molar-refractivity contribution in [1.82, 2.24) is 9.97 Å². The number of methoxy groups -OCH3 is 1. The number of H-pyrrole nitrogens is 1. The maximum Gasteiger partial charge on any atom is 0.357 e. The largest absolute Gasteiger partial charge is 0.497 e. The number of ether oxygens (including phenoxy) is 2. The van der Waals surface area contributed by atoms with Crippen molar-refractivity contribution in [3.8, 4) is 28.4 Å². The van der Waals surface area contributed by atoms with E-state index in [0.717, 1.165) is 30.0 Å². The molecule has 2 heterocycles. The van der Waals surface area contributed by atoms with Crippen LogP contribution in [-0.4, -0.2) is 42.7 Å². The molecule has 1 aromatic heterocycles. The molecule has 29 heavy (non-hydrogen) atoms. The van der Waals surface area contributed by atoms with Gasteiger partial charge in [0, 0.05) is 29.9 Å². The summed E-state index contributed by atoms with van der Waals surface area (Å²) in [6.07, 6.45) is 2.49. The number of aromatic amines is 1. The van der Waals surface area contributed by atoms with Gasteiger partial charge in [-0.25, -0.2) is 9.78 Å². The molecule has 0 aliphatic carbocycles. The molecule has 6 heteroatoms. The summed E-state index contributed by atoms with van der Waals surface area (Å²) in [5, 5.41) is 0. The molecule has 150 valence electrons. The summed E-state index contributed by atoms with van der Waals surface area (Å²) in [4.78, 5) is 22.8. The van der Waals surface area contributed by atoms with Crippen molar-refractivity contribution in [2.75, 3.05) is 31.7 Å². The van der Waals surface area contributed by atoms with Crippen molar-refractivity contribution in [2.45, 2.75) is 19.8 Å². The van der Waals surface area contributed by atoms with E-state index < -0.39 is 5.97 Å². The number of anilines is 1. The van der Waals surface area contributed by atoms with E-state index >= 15 is 0 Å². The van der Waals surface area contributed by atoms with Crippen LogP contribution in [0.3, 0.4) is 0 Å². The molecular formula is C23H25N3O3. The first-order valence-electron chi connectivity index (χ1n) is 9.96. The number of imidazole rings is 1. The van der Waals surface area contributed by atoms with Gasteiger partial charge in [0.2, 0.25) is 0 Å². The first-order chi connectivity index (χ1) is 14.2. The fraction of sp³-hybridized carbons (Fsp3) is 0.304. The summed E-state index contributed by atoms with van der Waals surface area (Å²) >= 11 is 0. The smallest absolute Gasteiger partial charge is 0.357 e. The summed E-state index contributed by atoms with van der Waals surface area (Å²) < 4.78 is 10.5. The third kappa shape index (κ3) is 3.97. The molecule has 6 nitrogen and oxygen atoms in total. The highest BCUT2D eigenvalue weighted by Crippen LogP contribution is 2.29. The zero-order valence-electron chi connectivity index (χ0n) is 16.8. The summed E-state index contributed by atoms with van der Waals surface area (Å²) in [6, 6.07) is 15.8. The highest BCUT2D eigenvalue weighted by molar-refractivity contribution is 5.95. The first kappa shape index (κ1) is 19.1. The highest BCUT2D eigenvalue weighted by atomic mass is 16.5. The second-order valence-electron chi connectivity index (χ2n) is 7.00. The molecule has 0 bridgehead atoms. The van der Waals surface area contributed by atoms with Crippen LogP contribution in [0.25, 0.3) is 22.6 Å². The second kappa shape index (κ2) is 8.39. The minimum atomic E-state index is -0.411. The van der Waals surface area contributed by atoms with Crippen LogP contribution in [0, 0.1) is 0 Å². The number of hydrogen-bond donors (Lipinski definition) is 1. The van der Waals surface area contributed by atoms with Crippen molar-refractivity contribution in [3.63, 3.8) is 0 Å². The number of hydrogen-bond acceptors (Lipinski definition) is 5. The van der Waals surface area contributed by atoms with Gasteiger partial charge in [0.25, 0.3) is 0 Å². The molecule has 1 aliphatic heterocycles. The third-order valence-corrected chi connectivity index (χ3v) is 5.16. The summed E-state index contributed by atoms with van der Waals surface area (Å²) in [7, 11) is 1.62. The molecule has 4 rings (SSSR count). The molecule has 1 saturated heterocycles. The first-order valence-corrected chi connectivity index (χ1v) is 9.96. The Morgan fingerprint density at radius 1 is 1.03 bits per heavy atom. The van der Waals surface area contributed by atoms with E-state index in [9.17, 15) is 4.79 Å². The average Bonchev–Trinajstić information content (AvgIpc) is 3.45. The summed E-state index contributed by atoms with van der Waals surface area (Å²) in [6.45, 7) is 4.31. The standard InChI is InChI=1S/C23H25N3O3/c1-3-29-23(27)21-20(16-8-12-19(28-2)13-9-16)24-22(25-21)17-6-10-18(11-7-17)26-14-4-5-15-26/h6-13H,3-5,14-15H2,1-2H3,(H,24,25). The molecule has 0 spiro atoms. The molecule has 0 unspecified atom stereocenters. The van der Waals surface area contributed by atoms with E-state index in [2.05, 4.69) is 22.0 Å². The quantitative estimate of drug-likeness (QED) is 0.626. The van der Waals surface area contributed by atoms with Gasteiger partial charge in [0.1, 0.15) is 17.3 Å². The van der Waals surface area contributed by atoms with Crippen molar-refractivity contribution >= 4 is 11.7 Å². The highest BCUT2D eigenvalue weighted by Gasteiger charge is 2.21. The van der Waals surface area contributed by atoms with Crippen LogP contribution in [0.5, 0.6) is 5.75 Å². The molecule has 1 aliphatic rings. The molecular weight excluding hydrogens is 366 g/mol. The van der Waals surface area contributed by atoms with Crippen molar-refractivity contribution in [2.24, 2.45) is 0 Å². The Morgan fingerprint density at radius 3 is 2.31 bits per heavy atom. The number of benzene rings is 2. The number of nitrogens with zero attached hydrogens (tertiary/aromatic N) is 2. The fourth-order valence-electron chi connectivity index (χ4n) is 3.62. The lowest BCUT2D eigenvalue weighted by Gasteiger charge is -2.17. The number of aromatic nitrogens is 2. The minimum Gasteiger partial charge on any atom is -0.497 e. The lowest BCUT2D eigenvalue weighted by Crippen LogP contribution is -2.17. The van der Waals surface area contributed by atoms with Crippen LogP contribution in [0.15, 0.2) is 48.5 Å². The molecule has 0 radical (unpaired) electrons. The van der Waals surface area contributed by atoms with Gasteiger partial charge in [-0.1, -0.05) is 0 Å². The van der Waals surface area contributed by atoms with Gasteiger partial charge in [0.15, 0.2) is 5.69 Å². The van der Waals surface area contributed by atoms with Crippen LogP contribution >= 0.6 is 0 Å². The van der Waals surface area contributed by atoms with Gasteiger partial charge in [-0.15, -0.1) is 0 Å². The lowest BCUT2D eigenvalue weighted by atomic mass is 10.1. The zero-order valence-corrected chi connectivity index (χ0v) is 16.8. The summed E-state index contributed by atoms with van der Waals surface area (Å²) in [5.41, 5.74) is 3.91. The Bertz CT molecular complexity index is 972. The topological polar surface area (TPSA) is 67.5 Å². The third-order valence-electron chi connectivity index (χ3n) is 5.16. The fourth-order valence-corrected chi connectivity index (χ4v) is 3.62. The maximum atomic E-state index is 12.5. The second-order valence-corrected chi connectivity index (χ2v) is 7.00. The van der Waals surface area contributed by atoms with Gasteiger partial charge < -0.3 is 19.4 Å². The molecule has 1 N–H and O–H groups in total.